The zero-order chi connectivity index (χ0) is 22.0. The molecule has 1 N–H and O–H groups in total. The fourth-order valence-electron chi connectivity index (χ4n) is 3.53. The minimum atomic E-state index is -0.251. The monoisotopic (exact) mass is 435 g/mol. The Labute approximate surface area is 185 Å². The summed E-state index contributed by atoms with van der Waals surface area (Å²) in [5, 5.41) is 6.04. The second-order valence-electron chi connectivity index (χ2n) is 7.62. The van der Waals surface area contributed by atoms with Gasteiger partial charge in [0, 0.05) is 16.6 Å². The molecule has 1 aromatic heterocycles. The number of carbonyl (C=O) groups is 2. The highest BCUT2D eigenvalue weighted by atomic mass is 32.1. The number of benzene rings is 2. The summed E-state index contributed by atoms with van der Waals surface area (Å²) < 4.78 is 5.59. The molecule has 0 saturated heterocycles. The topological polar surface area (TPSA) is 71.5 Å². The molecule has 0 fully saturated rings. The normalized spacial score (nSPS) is 13.0. The van der Waals surface area contributed by atoms with E-state index in [4.69, 9.17) is 9.72 Å². The lowest BCUT2D eigenvalue weighted by Crippen LogP contribution is -2.43. The summed E-state index contributed by atoms with van der Waals surface area (Å²) in [4.78, 5) is 31.6. The Morgan fingerprint density at radius 2 is 2.10 bits per heavy atom. The molecule has 1 aliphatic heterocycles. The van der Waals surface area contributed by atoms with Crippen LogP contribution in [0.2, 0.25) is 0 Å². The number of nitrogens with one attached hydrogen (secondary N) is 1. The SMILES string of the molecule is CCCc1nc(-c2ccc3c(c2)N(CC(=O)Nc2cccc(C)c2C)C(=O)CO3)cs1. The van der Waals surface area contributed by atoms with Crippen molar-refractivity contribution in [3.8, 4) is 17.0 Å². The van der Waals surface area contributed by atoms with E-state index in [9.17, 15) is 9.59 Å². The quantitative estimate of drug-likeness (QED) is 0.607. The molecule has 2 amide bonds. The third-order valence-electron chi connectivity index (χ3n) is 5.39. The number of aromatic nitrogens is 1. The van der Waals surface area contributed by atoms with Crippen molar-refractivity contribution in [1.29, 1.82) is 0 Å². The Bertz CT molecular complexity index is 1140. The zero-order valence-electron chi connectivity index (χ0n) is 17.9. The van der Waals surface area contributed by atoms with E-state index in [1.54, 1.807) is 11.3 Å². The molecule has 6 nitrogen and oxygen atoms in total. The Balaban J connectivity index is 1.58. The molecule has 1 aliphatic rings. The number of hydrogen-bond acceptors (Lipinski definition) is 5. The largest absolute Gasteiger partial charge is 0.482 e. The molecular formula is C24H25N3O3S. The van der Waals surface area contributed by atoms with Crippen LogP contribution in [0.25, 0.3) is 11.3 Å². The Hall–Kier alpha value is -3.19. The number of aryl methyl sites for hydroxylation is 2. The van der Waals surface area contributed by atoms with Crippen molar-refractivity contribution in [2.75, 3.05) is 23.4 Å². The van der Waals surface area contributed by atoms with Crippen LogP contribution in [0.1, 0.15) is 29.5 Å². The number of nitrogens with zero attached hydrogens (tertiary/aromatic N) is 2. The molecule has 2 heterocycles. The van der Waals surface area contributed by atoms with Crippen molar-refractivity contribution >= 4 is 34.5 Å². The van der Waals surface area contributed by atoms with Crippen LogP contribution in [-0.4, -0.2) is 29.9 Å². The number of thiazole rings is 1. The summed E-state index contributed by atoms with van der Waals surface area (Å²) in [6.07, 6.45) is 1.99. The first-order valence-corrected chi connectivity index (χ1v) is 11.2. The molecule has 0 spiro atoms. The molecule has 0 saturated carbocycles. The third kappa shape index (κ3) is 4.46. The molecule has 31 heavy (non-hydrogen) atoms. The highest BCUT2D eigenvalue weighted by molar-refractivity contribution is 7.09. The van der Waals surface area contributed by atoms with Gasteiger partial charge >= 0.3 is 0 Å². The summed E-state index contributed by atoms with van der Waals surface area (Å²) in [5.74, 6) is 0.0943. The second-order valence-corrected chi connectivity index (χ2v) is 8.57. The van der Waals surface area contributed by atoms with E-state index in [1.165, 1.54) is 4.90 Å². The van der Waals surface area contributed by atoms with Gasteiger partial charge in [-0.1, -0.05) is 19.1 Å². The van der Waals surface area contributed by atoms with Crippen molar-refractivity contribution in [3.63, 3.8) is 0 Å². The van der Waals surface area contributed by atoms with Crippen LogP contribution >= 0.6 is 11.3 Å². The van der Waals surface area contributed by atoms with Gasteiger partial charge in [-0.3, -0.25) is 14.5 Å². The van der Waals surface area contributed by atoms with Crippen LogP contribution < -0.4 is 15.0 Å². The lowest BCUT2D eigenvalue weighted by atomic mass is 10.1. The van der Waals surface area contributed by atoms with Crippen LogP contribution in [-0.2, 0) is 16.0 Å². The maximum Gasteiger partial charge on any atom is 0.265 e. The van der Waals surface area contributed by atoms with Crippen molar-refractivity contribution < 1.29 is 14.3 Å². The zero-order valence-corrected chi connectivity index (χ0v) is 18.7. The van der Waals surface area contributed by atoms with Gasteiger partial charge in [-0.25, -0.2) is 4.98 Å². The molecule has 160 valence electrons. The minimum Gasteiger partial charge on any atom is -0.482 e. The summed E-state index contributed by atoms with van der Waals surface area (Å²) in [7, 11) is 0. The van der Waals surface area contributed by atoms with Gasteiger partial charge in [0.15, 0.2) is 6.61 Å². The summed E-state index contributed by atoms with van der Waals surface area (Å²) >= 11 is 1.64. The van der Waals surface area contributed by atoms with E-state index >= 15 is 0 Å². The van der Waals surface area contributed by atoms with E-state index in [1.807, 2.05) is 55.6 Å². The first-order valence-electron chi connectivity index (χ1n) is 10.3. The van der Waals surface area contributed by atoms with Gasteiger partial charge < -0.3 is 10.1 Å². The van der Waals surface area contributed by atoms with E-state index in [0.29, 0.717) is 11.4 Å². The number of amides is 2. The van der Waals surface area contributed by atoms with Gasteiger partial charge in [0.25, 0.3) is 5.91 Å². The van der Waals surface area contributed by atoms with Crippen LogP contribution in [0.4, 0.5) is 11.4 Å². The summed E-state index contributed by atoms with van der Waals surface area (Å²) in [6.45, 7) is 5.93. The second kappa shape index (κ2) is 8.89. The fraction of sp³-hybridized carbons (Fsp3) is 0.292. The van der Waals surface area contributed by atoms with E-state index in [-0.39, 0.29) is 25.0 Å². The van der Waals surface area contributed by atoms with E-state index in [2.05, 4.69) is 12.2 Å². The van der Waals surface area contributed by atoms with Gasteiger partial charge in [0.1, 0.15) is 12.3 Å². The molecular weight excluding hydrogens is 410 g/mol. The highest BCUT2D eigenvalue weighted by Gasteiger charge is 2.28. The van der Waals surface area contributed by atoms with Crippen molar-refractivity contribution in [2.24, 2.45) is 0 Å². The van der Waals surface area contributed by atoms with Crippen LogP contribution in [0.5, 0.6) is 5.75 Å². The molecule has 0 atom stereocenters. The maximum absolute atomic E-state index is 12.8. The number of anilines is 2. The highest BCUT2D eigenvalue weighted by Crippen LogP contribution is 2.36. The molecule has 7 heteroatoms. The summed E-state index contributed by atoms with van der Waals surface area (Å²) in [5.41, 5.74) is 5.23. The Kier molecular flexibility index (Phi) is 6.04. The minimum absolute atomic E-state index is 0.0792. The average Bonchev–Trinajstić information content (AvgIpc) is 3.22. The standard InChI is InChI=1S/C24H25N3O3S/c1-4-6-23-26-19(14-31-23)17-9-10-21-20(11-17)27(24(29)13-30-21)12-22(28)25-18-8-5-7-15(2)16(18)3/h5,7-11,14H,4,6,12-13H2,1-3H3,(H,25,28). The molecule has 3 aromatic rings. The predicted molar refractivity (Wildman–Crippen MR) is 124 cm³/mol. The van der Waals surface area contributed by atoms with Crippen molar-refractivity contribution in [3.05, 3.63) is 57.9 Å². The molecule has 2 aromatic carbocycles. The average molecular weight is 436 g/mol. The fourth-order valence-corrected chi connectivity index (χ4v) is 4.44. The predicted octanol–water partition coefficient (Wildman–Crippen LogP) is 4.74. The molecule has 0 radical (unpaired) electrons. The van der Waals surface area contributed by atoms with E-state index in [0.717, 1.165) is 45.9 Å². The lowest BCUT2D eigenvalue weighted by molar-refractivity contribution is -0.123. The molecule has 0 bridgehead atoms. The van der Waals surface area contributed by atoms with Gasteiger partial charge in [0.2, 0.25) is 5.91 Å². The number of ether oxygens (including phenoxy) is 1. The maximum atomic E-state index is 12.8. The summed E-state index contributed by atoms with van der Waals surface area (Å²) in [6, 6.07) is 11.4. The van der Waals surface area contributed by atoms with Crippen molar-refractivity contribution in [2.45, 2.75) is 33.6 Å². The van der Waals surface area contributed by atoms with Gasteiger partial charge in [-0.15, -0.1) is 11.3 Å². The van der Waals surface area contributed by atoms with Crippen LogP contribution in [0, 0.1) is 13.8 Å². The number of carbonyl (C=O) groups excluding carboxylic acids is 2. The van der Waals surface area contributed by atoms with Gasteiger partial charge in [-0.2, -0.15) is 0 Å². The van der Waals surface area contributed by atoms with Crippen LogP contribution in [0.3, 0.4) is 0 Å². The van der Waals surface area contributed by atoms with Gasteiger partial charge in [-0.05, 0) is 62.1 Å². The lowest BCUT2D eigenvalue weighted by Gasteiger charge is -2.29. The Morgan fingerprint density at radius 1 is 1.26 bits per heavy atom. The van der Waals surface area contributed by atoms with E-state index < -0.39 is 0 Å². The molecule has 4 rings (SSSR count). The Morgan fingerprint density at radius 3 is 2.90 bits per heavy atom. The third-order valence-corrected chi connectivity index (χ3v) is 6.30. The number of fused-ring (bicyclic) bond motifs is 1. The first kappa shape index (κ1) is 21.1. The van der Waals surface area contributed by atoms with Crippen LogP contribution in [0.15, 0.2) is 41.8 Å². The molecule has 0 aliphatic carbocycles. The number of hydrogen-bond donors (Lipinski definition) is 1. The number of rotatable bonds is 6. The van der Waals surface area contributed by atoms with Crippen molar-refractivity contribution in [1.82, 2.24) is 4.98 Å². The first-order chi connectivity index (χ1) is 15.0. The smallest absolute Gasteiger partial charge is 0.265 e. The van der Waals surface area contributed by atoms with Gasteiger partial charge in [0.05, 0.1) is 16.4 Å². The molecule has 0 unspecified atom stereocenters.